The number of fused-ring (bicyclic) bond motifs is 1. The summed E-state index contributed by atoms with van der Waals surface area (Å²) in [6.45, 7) is 5.20. The predicted molar refractivity (Wildman–Crippen MR) is 116 cm³/mol. The molecule has 0 radical (unpaired) electrons. The van der Waals surface area contributed by atoms with Gasteiger partial charge in [0, 0.05) is 11.6 Å². The lowest BCUT2D eigenvalue weighted by atomic mass is 10.1. The first-order valence-electron chi connectivity index (χ1n) is 10.2. The van der Waals surface area contributed by atoms with E-state index in [0.717, 1.165) is 25.7 Å². The van der Waals surface area contributed by atoms with Gasteiger partial charge in [0.15, 0.2) is 16.8 Å². The summed E-state index contributed by atoms with van der Waals surface area (Å²) in [7, 11) is 0. The zero-order valence-electron chi connectivity index (χ0n) is 17.3. The van der Waals surface area contributed by atoms with Crippen LogP contribution in [0, 0.1) is 0 Å². The molecule has 0 aliphatic rings. The number of rotatable bonds is 10. The summed E-state index contributed by atoms with van der Waals surface area (Å²) >= 11 is 0. The molecule has 6 heteroatoms. The average Bonchev–Trinajstić information content (AvgIpc) is 2.75. The zero-order valence-corrected chi connectivity index (χ0v) is 17.3. The predicted octanol–water partition coefficient (Wildman–Crippen LogP) is 5.52. The van der Waals surface area contributed by atoms with Gasteiger partial charge in [-0.25, -0.2) is 4.79 Å². The standard InChI is InChI=1S/C24H26O6/c1-3-5-13-28-20-12-11-18-19(25)15-21(16-7-9-17(10-8-16)24(26)27)30-22(18)23(20)29-14-6-4-2/h7-12,15H,3-6,13-14H2,1-2H3,(H,26,27). The number of unbranched alkanes of at least 4 members (excludes halogenated alkanes) is 2. The highest BCUT2D eigenvalue weighted by Gasteiger charge is 2.17. The van der Waals surface area contributed by atoms with Gasteiger partial charge in [-0.05, 0) is 37.1 Å². The number of carboxylic acids is 1. The summed E-state index contributed by atoms with van der Waals surface area (Å²) < 4.78 is 18.0. The van der Waals surface area contributed by atoms with E-state index in [4.69, 9.17) is 19.0 Å². The molecular weight excluding hydrogens is 384 g/mol. The lowest BCUT2D eigenvalue weighted by Gasteiger charge is -2.15. The normalized spacial score (nSPS) is 10.9. The molecule has 0 bridgehead atoms. The molecule has 0 spiro atoms. The third kappa shape index (κ3) is 4.82. The van der Waals surface area contributed by atoms with Crippen molar-refractivity contribution < 1.29 is 23.8 Å². The first-order chi connectivity index (χ1) is 14.5. The van der Waals surface area contributed by atoms with E-state index in [0.29, 0.717) is 47.0 Å². The van der Waals surface area contributed by atoms with Gasteiger partial charge in [0.1, 0.15) is 5.76 Å². The number of aromatic carboxylic acids is 1. The molecule has 2 aromatic carbocycles. The largest absolute Gasteiger partial charge is 0.490 e. The molecule has 3 aromatic rings. The average molecular weight is 410 g/mol. The van der Waals surface area contributed by atoms with Crippen molar-refractivity contribution in [1.29, 1.82) is 0 Å². The van der Waals surface area contributed by atoms with Gasteiger partial charge >= 0.3 is 5.97 Å². The van der Waals surface area contributed by atoms with Crippen molar-refractivity contribution in [1.82, 2.24) is 0 Å². The number of hydrogen-bond donors (Lipinski definition) is 1. The highest BCUT2D eigenvalue weighted by molar-refractivity contribution is 5.89. The maximum atomic E-state index is 12.8. The molecule has 0 saturated heterocycles. The van der Waals surface area contributed by atoms with Crippen LogP contribution >= 0.6 is 0 Å². The van der Waals surface area contributed by atoms with Crippen LogP contribution in [0.4, 0.5) is 0 Å². The number of hydrogen-bond acceptors (Lipinski definition) is 5. The minimum Gasteiger partial charge on any atom is -0.490 e. The van der Waals surface area contributed by atoms with Crippen LogP contribution in [0.3, 0.4) is 0 Å². The SMILES string of the molecule is CCCCOc1ccc2c(=O)cc(-c3ccc(C(=O)O)cc3)oc2c1OCCCC. The van der Waals surface area contributed by atoms with Gasteiger partial charge in [-0.2, -0.15) is 0 Å². The summed E-state index contributed by atoms with van der Waals surface area (Å²) in [4.78, 5) is 23.8. The highest BCUT2D eigenvalue weighted by Crippen LogP contribution is 2.37. The van der Waals surface area contributed by atoms with Crippen molar-refractivity contribution >= 4 is 16.9 Å². The molecule has 0 aliphatic heterocycles. The summed E-state index contributed by atoms with van der Waals surface area (Å²) in [6, 6.07) is 11.0. The molecule has 1 aromatic heterocycles. The second-order valence-corrected chi connectivity index (χ2v) is 7.03. The summed E-state index contributed by atoms with van der Waals surface area (Å²) in [5, 5.41) is 9.50. The van der Waals surface area contributed by atoms with Crippen LogP contribution in [0.15, 0.2) is 51.7 Å². The van der Waals surface area contributed by atoms with E-state index in [1.165, 1.54) is 18.2 Å². The molecule has 0 aliphatic carbocycles. The second kappa shape index (κ2) is 9.96. The van der Waals surface area contributed by atoms with Gasteiger partial charge in [-0.3, -0.25) is 4.79 Å². The van der Waals surface area contributed by atoms with Crippen molar-refractivity contribution in [2.24, 2.45) is 0 Å². The lowest BCUT2D eigenvalue weighted by molar-refractivity contribution is 0.0697. The second-order valence-electron chi connectivity index (χ2n) is 7.03. The van der Waals surface area contributed by atoms with Crippen molar-refractivity contribution in [2.75, 3.05) is 13.2 Å². The van der Waals surface area contributed by atoms with Crippen LogP contribution in [-0.2, 0) is 0 Å². The van der Waals surface area contributed by atoms with E-state index >= 15 is 0 Å². The first-order valence-corrected chi connectivity index (χ1v) is 10.2. The van der Waals surface area contributed by atoms with Crippen LogP contribution in [0.2, 0.25) is 0 Å². The van der Waals surface area contributed by atoms with Gasteiger partial charge in [0.2, 0.25) is 5.75 Å². The van der Waals surface area contributed by atoms with Gasteiger partial charge in [0.25, 0.3) is 0 Å². The number of ether oxygens (including phenoxy) is 2. The Kier molecular flexibility index (Phi) is 7.12. The van der Waals surface area contributed by atoms with Crippen molar-refractivity contribution in [3.8, 4) is 22.8 Å². The summed E-state index contributed by atoms with van der Waals surface area (Å²) in [5.41, 5.74) is 0.909. The summed E-state index contributed by atoms with van der Waals surface area (Å²) in [6.07, 6.45) is 3.75. The Morgan fingerprint density at radius 3 is 2.27 bits per heavy atom. The maximum Gasteiger partial charge on any atom is 0.335 e. The zero-order chi connectivity index (χ0) is 21.5. The monoisotopic (exact) mass is 410 g/mol. The first kappa shape index (κ1) is 21.4. The minimum absolute atomic E-state index is 0.164. The van der Waals surface area contributed by atoms with Crippen LogP contribution in [0.5, 0.6) is 11.5 Å². The van der Waals surface area contributed by atoms with E-state index in [2.05, 4.69) is 13.8 Å². The fraction of sp³-hybridized carbons (Fsp3) is 0.333. The Morgan fingerprint density at radius 2 is 1.63 bits per heavy atom. The third-order valence-corrected chi connectivity index (χ3v) is 4.73. The quantitative estimate of drug-likeness (QED) is 0.443. The van der Waals surface area contributed by atoms with E-state index < -0.39 is 5.97 Å². The Hall–Kier alpha value is -3.28. The fourth-order valence-electron chi connectivity index (χ4n) is 2.99. The lowest BCUT2D eigenvalue weighted by Crippen LogP contribution is -2.06. The fourth-order valence-corrected chi connectivity index (χ4v) is 2.99. The molecule has 30 heavy (non-hydrogen) atoms. The third-order valence-electron chi connectivity index (χ3n) is 4.73. The van der Waals surface area contributed by atoms with Gasteiger partial charge in [0.05, 0.1) is 24.2 Å². The summed E-state index contributed by atoms with van der Waals surface area (Å²) in [5.74, 6) is 0.309. The van der Waals surface area contributed by atoms with Crippen LogP contribution < -0.4 is 14.9 Å². The molecule has 1 heterocycles. The number of benzene rings is 2. The molecule has 0 amide bonds. The molecule has 158 valence electrons. The minimum atomic E-state index is -1.01. The van der Waals surface area contributed by atoms with E-state index in [-0.39, 0.29) is 11.0 Å². The molecule has 0 unspecified atom stereocenters. The Labute approximate surface area is 175 Å². The Morgan fingerprint density at radius 1 is 0.967 bits per heavy atom. The van der Waals surface area contributed by atoms with E-state index in [9.17, 15) is 9.59 Å². The van der Waals surface area contributed by atoms with Gasteiger partial charge < -0.3 is 19.0 Å². The highest BCUT2D eigenvalue weighted by atomic mass is 16.5. The van der Waals surface area contributed by atoms with Crippen LogP contribution in [-0.4, -0.2) is 24.3 Å². The Balaban J connectivity index is 2.09. The molecule has 1 N–H and O–H groups in total. The van der Waals surface area contributed by atoms with Crippen LogP contribution in [0.25, 0.3) is 22.3 Å². The molecular formula is C24H26O6. The molecule has 3 rings (SSSR count). The van der Waals surface area contributed by atoms with Crippen molar-refractivity contribution in [2.45, 2.75) is 39.5 Å². The van der Waals surface area contributed by atoms with Gasteiger partial charge in [-0.1, -0.05) is 38.8 Å². The van der Waals surface area contributed by atoms with Crippen molar-refractivity contribution in [3.63, 3.8) is 0 Å². The Bertz CT molecular complexity index is 1070. The van der Waals surface area contributed by atoms with Crippen LogP contribution in [0.1, 0.15) is 49.9 Å². The molecule has 0 fully saturated rings. The van der Waals surface area contributed by atoms with Crippen molar-refractivity contribution in [3.05, 3.63) is 58.3 Å². The number of carboxylic acid groups (broad SMARTS) is 1. The van der Waals surface area contributed by atoms with Gasteiger partial charge in [-0.15, -0.1) is 0 Å². The topological polar surface area (TPSA) is 86.0 Å². The smallest absolute Gasteiger partial charge is 0.335 e. The number of carbonyl (C=O) groups is 1. The maximum absolute atomic E-state index is 12.8. The molecule has 6 nitrogen and oxygen atoms in total. The molecule has 0 saturated carbocycles. The van der Waals surface area contributed by atoms with E-state index in [1.54, 1.807) is 24.3 Å². The van der Waals surface area contributed by atoms with E-state index in [1.807, 2.05) is 0 Å². The molecule has 0 atom stereocenters.